The van der Waals surface area contributed by atoms with Gasteiger partial charge in [0.2, 0.25) is 0 Å². The van der Waals surface area contributed by atoms with Crippen molar-refractivity contribution in [2.24, 2.45) is 0 Å². The predicted octanol–water partition coefficient (Wildman–Crippen LogP) is 7.71. The summed E-state index contributed by atoms with van der Waals surface area (Å²) in [5.74, 6) is 0. The molecule has 0 heterocycles. The summed E-state index contributed by atoms with van der Waals surface area (Å²) in [6.45, 7) is 14.4. The lowest BCUT2D eigenvalue weighted by molar-refractivity contribution is 0.350. The number of rotatable bonds is 3. The van der Waals surface area contributed by atoms with E-state index in [1.165, 1.54) is 34.6 Å². The molecule has 0 saturated carbocycles. The average Bonchev–Trinajstić information content (AvgIpc) is 3.19. The number of hydrogen-bond donors (Lipinski definition) is 0. The highest BCUT2D eigenvalue weighted by Gasteiger charge is 2.57. The first-order valence-electron chi connectivity index (χ1n) is 13.3. The SMILES string of the molecule is Cc1ccc2c(c1)C(C)(C)C[C@]21CC(C)(C)c2cc(C)cc(P(c3ccccc3)c3ccccc3)c21. The second kappa shape index (κ2) is 8.16. The maximum Gasteiger partial charge on any atom is 0.0231 e. The first-order chi connectivity index (χ1) is 17.1. The normalized spacial score (nSPS) is 21.1. The zero-order valence-corrected chi connectivity index (χ0v) is 23.4. The van der Waals surface area contributed by atoms with Gasteiger partial charge in [-0.25, -0.2) is 0 Å². The Bertz CT molecular complexity index is 1400. The van der Waals surface area contributed by atoms with Crippen LogP contribution in [-0.4, -0.2) is 0 Å². The average molecular weight is 489 g/mol. The molecule has 0 aromatic heterocycles. The molecule has 0 bridgehead atoms. The Kier molecular flexibility index (Phi) is 5.37. The smallest absolute Gasteiger partial charge is 0.0231 e. The quantitative estimate of drug-likeness (QED) is 0.259. The first-order valence-corrected chi connectivity index (χ1v) is 14.6. The third-order valence-electron chi connectivity index (χ3n) is 8.65. The molecule has 2 aliphatic rings. The molecule has 0 fully saturated rings. The minimum atomic E-state index is -0.675. The van der Waals surface area contributed by atoms with Crippen molar-refractivity contribution in [3.8, 4) is 0 Å². The van der Waals surface area contributed by atoms with Gasteiger partial charge in [0.15, 0.2) is 0 Å². The van der Waals surface area contributed by atoms with Gasteiger partial charge in [-0.05, 0) is 83.6 Å². The van der Waals surface area contributed by atoms with Crippen LogP contribution in [0.15, 0.2) is 91.0 Å². The van der Waals surface area contributed by atoms with Crippen molar-refractivity contribution in [1.82, 2.24) is 0 Å². The van der Waals surface area contributed by atoms with Crippen LogP contribution in [0.4, 0.5) is 0 Å². The zero-order chi connectivity index (χ0) is 25.3. The van der Waals surface area contributed by atoms with E-state index in [9.17, 15) is 0 Å². The molecule has 2 aliphatic carbocycles. The fraction of sp³-hybridized carbons (Fsp3) is 0.314. The van der Waals surface area contributed by atoms with Gasteiger partial charge < -0.3 is 0 Å². The van der Waals surface area contributed by atoms with E-state index < -0.39 is 7.92 Å². The van der Waals surface area contributed by atoms with Crippen molar-refractivity contribution in [3.63, 3.8) is 0 Å². The predicted molar refractivity (Wildman–Crippen MR) is 157 cm³/mol. The van der Waals surface area contributed by atoms with Gasteiger partial charge in [-0.15, -0.1) is 0 Å². The Morgan fingerprint density at radius 1 is 0.556 bits per heavy atom. The summed E-state index contributed by atoms with van der Waals surface area (Å²) >= 11 is 0. The van der Waals surface area contributed by atoms with Crippen LogP contribution in [0.5, 0.6) is 0 Å². The van der Waals surface area contributed by atoms with Gasteiger partial charge in [-0.3, -0.25) is 0 Å². The fourth-order valence-electron chi connectivity index (χ4n) is 7.46. The van der Waals surface area contributed by atoms with E-state index in [1.807, 2.05) is 0 Å². The highest BCUT2D eigenvalue weighted by atomic mass is 31.1. The van der Waals surface area contributed by atoms with Crippen LogP contribution >= 0.6 is 7.92 Å². The Morgan fingerprint density at radius 3 is 1.67 bits per heavy atom. The summed E-state index contributed by atoms with van der Waals surface area (Å²) in [6, 6.07) is 34.8. The summed E-state index contributed by atoms with van der Waals surface area (Å²) in [7, 11) is -0.675. The van der Waals surface area contributed by atoms with Crippen molar-refractivity contribution >= 4 is 23.8 Å². The van der Waals surface area contributed by atoms with Gasteiger partial charge in [-0.2, -0.15) is 0 Å². The third-order valence-corrected chi connectivity index (χ3v) is 11.1. The van der Waals surface area contributed by atoms with Crippen LogP contribution < -0.4 is 15.9 Å². The second-order valence-corrected chi connectivity index (χ2v) is 14.7. The minimum Gasteiger partial charge on any atom is -0.0622 e. The molecule has 182 valence electrons. The van der Waals surface area contributed by atoms with Crippen molar-refractivity contribution in [2.45, 2.75) is 70.6 Å². The maximum absolute atomic E-state index is 2.53. The van der Waals surface area contributed by atoms with Crippen LogP contribution in [0, 0.1) is 13.8 Å². The van der Waals surface area contributed by atoms with Crippen LogP contribution in [0.25, 0.3) is 0 Å². The maximum atomic E-state index is 2.53. The van der Waals surface area contributed by atoms with E-state index in [0.717, 1.165) is 0 Å². The van der Waals surface area contributed by atoms with Gasteiger partial charge in [-0.1, -0.05) is 130 Å². The van der Waals surface area contributed by atoms with Gasteiger partial charge in [0.05, 0.1) is 0 Å². The summed E-state index contributed by atoms with van der Waals surface area (Å²) in [6.07, 6.45) is 2.36. The topological polar surface area (TPSA) is 0 Å². The van der Waals surface area contributed by atoms with Crippen molar-refractivity contribution in [2.75, 3.05) is 0 Å². The Labute approximate surface area is 218 Å². The van der Waals surface area contributed by atoms with E-state index in [2.05, 4.69) is 133 Å². The molecule has 1 heteroatoms. The third kappa shape index (κ3) is 3.53. The molecular formula is C35H37P. The van der Waals surface area contributed by atoms with Crippen LogP contribution in [0.2, 0.25) is 0 Å². The van der Waals surface area contributed by atoms with Crippen molar-refractivity contribution in [3.05, 3.63) is 124 Å². The molecule has 0 amide bonds. The van der Waals surface area contributed by atoms with Crippen molar-refractivity contribution in [1.29, 1.82) is 0 Å². The molecule has 0 aliphatic heterocycles. The summed E-state index contributed by atoms with van der Waals surface area (Å²) in [5, 5.41) is 4.44. The molecule has 36 heavy (non-hydrogen) atoms. The molecule has 0 radical (unpaired) electrons. The molecule has 4 aromatic rings. The lowest BCUT2D eigenvalue weighted by Gasteiger charge is -2.34. The Morgan fingerprint density at radius 2 is 1.08 bits per heavy atom. The Balaban J connectivity index is 1.70. The van der Waals surface area contributed by atoms with Gasteiger partial charge in [0.25, 0.3) is 0 Å². The number of hydrogen-bond acceptors (Lipinski definition) is 0. The highest BCUT2D eigenvalue weighted by Crippen LogP contribution is 2.63. The lowest BCUT2D eigenvalue weighted by Crippen LogP contribution is -2.33. The van der Waals surface area contributed by atoms with Gasteiger partial charge >= 0.3 is 0 Å². The minimum absolute atomic E-state index is 0.0541. The zero-order valence-electron chi connectivity index (χ0n) is 22.5. The molecule has 1 spiro atoms. The van der Waals surface area contributed by atoms with E-state index in [1.54, 1.807) is 27.6 Å². The molecule has 0 nitrogen and oxygen atoms in total. The van der Waals surface area contributed by atoms with Gasteiger partial charge in [0, 0.05) is 5.41 Å². The first kappa shape index (κ1) is 23.7. The van der Waals surface area contributed by atoms with Crippen LogP contribution in [0.3, 0.4) is 0 Å². The fourth-order valence-corrected chi connectivity index (χ4v) is 10.1. The molecule has 0 saturated heterocycles. The monoisotopic (exact) mass is 488 g/mol. The van der Waals surface area contributed by atoms with Crippen LogP contribution in [-0.2, 0) is 16.2 Å². The molecule has 0 unspecified atom stereocenters. The standard InChI is InChI=1S/C35H37P/c1-24-17-18-28-29(19-24)33(3,4)22-35(28)23-34(5,6)30-20-25(2)21-31(32(30)35)36(26-13-9-7-10-14-26)27-15-11-8-12-16-27/h7-21H,22-23H2,1-6H3/t35-/m0/s1. The Hall–Kier alpha value is -2.69. The largest absolute Gasteiger partial charge is 0.0622 e. The number of benzene rings is 4. The summed E-state index contributed by atoms with van der Waals surface area (Å²) in [5.41, 5.74) is 9.43. The van der Waals surface area contributed by atoms with E-state index in [0.29, 0.717) is 0 Å². The van der Waals surface area contributed by atoms with E-state index >= 15 is 0 Å². The summed E-state index contributed by atoms with van der Waals surface area (Å²) < 4.78 is 0. The number of fused-ring (bicyclic) bond motifs is 4. The van der Waals surface area contributed by atoms with E-state index in [4.69, 9.17) is 0 Å². The molecule has 1 atom stereocenters. The highest BCUT2D eigenvalue weighted by molar-refractivity contribution is 7.80. The van der Waals surface area contributed by atoms with Crippen molar-refractivity contribution < 1.29 is 0 Å². The molecule has 0 N–H and O–H groups in total. The lowest BCUT2D eigenvalue weighted by atomic mass is 9.72. The van der Waals surface area contributed by atoms with E-state index in [-0.39, 0.29) is 16.2 Å². The van der Waals surface area contributed by atoms with Crippen LogP contribution in [0.1, 0.15) is 73.9 Å². The second-order valence-electron chi connectivity index (χ2n) is 12.5. The summed E-state index contributed by atoms with van der Waals surface area (Å²) in [4.78, 5) is 0. The molecule has 6 rings (SSSR count). The number of aryl methyl sites for hydroxylation is 2. The van der Waals surface area contributed by atoms with Gasteiger partial charge in [0.1, 0.15) is 0 Å². The molecular weight excluding hydrogens is 451 g/mol. The molecule has 4 aromatic carbocycles.